The molecule has 3 heterocycles. The van der Waals surface area contributed by atoms with E-state index in [0.717, 1.165) is 51.3 Å². The largest absolute Gasteiger partial charge is 0.477 e. The highest BCUT2D eigenvalue weighted by Crippen LogP contribution is 2.26. The summed E-state index contributed by atoms with van der Waals surface area (Å²) in [4.78, 5) is 20.2. The van der Waals surface area contributed by atoms with E-state index in [1.165, 1.54) is 11.1 Å². The number of fused-ring (bicyclic) bond motifs is 1. The van der Waals surface area contributed by atoms with Crippen molar-refractivity contribution in [1.29, 1.82) is 0 Å². The number of nitrogens with zero attached hydrogens (tertiary/aromatic N) is 3. The van der Waals surface area contributed by atoms with Crippen LogP contribution >= 0.6 is 0 Å². The first kappa shape index (κ1) is 16.1. The SMILES string of the molecule is O=C(O)c1cccc(N2CCC(N3CCc4ccccc4C3)CC2)n1. The molecule has 1 aromatic heterocycles. The van der Waals surface area contributed by atoms with Gasteiger partial charge in [0.15, 0.2) is 5.69 Å². The summed E-state index contributed by atoms with van der Waals surface area (Å²) in [6.07, 6.45) is 3.33. The second kappa shape index (κ2) is 6.84. The Labute approximate surface area is 147 Å². The van der Waals surface area contributed by atoms with Crippen molar-refractivity contribution in [1.82, 2.24) is 9.88 Å². The van der Waals surface area contributed by atoms with Gasteiger partial charge in [0.2, 0.25) is 0 Å². The fourth-order valence-electron chi connectivity index (χ4n) is 4.01. The summed E-state index contributed by atoms with van der Waals surface area (Å²) in [5, 5.41) is 9.11. The van der Waals surface area contributed by atoms with Crippen LogP contribution in [0.5, 0.6) is 0 Å². The van der Waals surface area contributed by atoms with E-state index in [1.807, 2.05) is 6.07 Å². The standard InChI is InChI=1S/C20H23N3O2/c24-20(25)18-6-3-7-19(21-18)22-12-9-17(10-13-22)23-11-8-15-4-1-2-5-16(15)14-23/h1-7,17H,8-14H2,(H,24,25). The predicted molar refractivity (Wildman–Crippen MR) is 97.0 cm³/mol. The Hall–Kier alpha value is -2.40. The molecular formula is C20H23N3O2. The number of piperidine rings is 1. The molecule has 1 aromatic carbocycles. The molecule has 0 saturated carbocycles. The van der Waals surface area contributed by atoms with Crippen molar-refractivity contribution in [2.75, 3.05) is 24.5 Å². The maximum absolute atomic E-state index is 11.1. The van der Waals surface area contributed by atoms with Crippen LogP contribution in [0.3, 0.4) is 0 Å². The number of pyridine rings is 1. The Morgan fingerprint density at radius 3 is 2.52 bits per heavy atom. The topological polar surface area (TPSA) is 56.7 Å². The van der Waals surface area contributed by atoms with Crippen molar-refractivity contribution in [3.05, 3.63) is 59.3 Å². The summed E-state index contributed by atoms with van der Waals surface area (Å²) in [5.41, 5.74) is 3.07. The van der Waals surface area contributed by atoms with Crippen LogP contribution in [0.1, 0.15) is 34.5 Å². The van der Waals surface area contributed by atoms with Gasteiger partial charge in [-0.3, -0.25) is 4.90 Å². The van der Waals surface area contributed by atoms with E-state index in [4.69, 9.17) is 5.11 Å². The zero-order chi connectivity index (χ0) is 17.2. The van der Waals surface area contributed by atoms with Crippen LogP contribution in [0.4, 0.5) is 5.82 Å². The number of hydrogen-bond acceptors (Lipinski definition) is 4. The summed E-state index contributed by atoms with van der Waals surface area (Å²) in [6.45, 7) is 4.04. The van der Waals surface area contributed by atoms with Crippen molar-refractivity contribution in [3.8, 4) is 0 Å². The molecule has 0 radical (unpaired) electrons. The molecule has 1 N–H and O–H groups in total. The molecule has 0 spiro atoms. The number of aromatic nitrogens is 1. The van der Waals surface area contributed by atoms with Crippen LogP contribution in [0.25, 0.3) is 0 Å². The molecule has 0 atom stereocenters. The molecule has 5 heteroatoms. The van der Waals surface area contributed by atoms with Crippen molar-refractivity contribution >= 4 is 11.8 Å². The second-order valence-electron chi connectivity index (χ2n) is 6.89. The molecule has 25 heavy (non-hydrogen) atoms. The van der Waals surface area contributed by atoms with Gasteiger partial charge in [0.1, 0.15) is 5.82 Å². The highest BCUT2D eigenvalue weighted by Gasteiger charge is 2.27. The van der Waals surface area contributed by atoms with Crippen LogP contribution in [0, 0.1) is 0 Å². The average Bonchev–Trinajstić information content (AvgIpc) is 2.68. The highest BCUT2D eigenvalue weighted by atomic mass is 16.4. The zero-order valence-corrected chi connectivity index (χ0v) is 14.3. The van der Waals surface area contributed by atoms with Crippen LogP contribution in [0.15, 0.2) is 42.5 Å². The minimum Gasteiger partial charge on any atom is -0.477 e. The third-order valence-electron chi connectivity index (χ3n) is 5.42. The summed E-state index contributed by atoms with van der Waals surface area (Å²) in [6, 6.07) is 14.6. The van der Waals surface area contributed by atoms with Gasteiger partial charge in [-0.05, 0) is 42.5 Å². The molecular weight excluding hydrogens is 314 g/mol. The lowest BCUT2D eigenvalue weighted by atomic mass is 9.95. The van der Waals surface area contributed by atoms with Gasteiger partial charge in [-0.2, -0.15) is 0 Å². The van der Waals surface area contributed by atoms with Crippen LogP contribution in [-0.2, 0) is 13.0 Å². The molecule has 2 aromatic rings. The molecule has 5 nitrogen and oxygen atoms in total. The highest BCUT2D eigenvalue weighted by molar-refractivity contribution is 5.85. The fourth-order valence-corrected chi connectivity index (χ4v) is 4.01. The molecule has 130 valence electrons. The number of benzene rings is 1. The molecule has 2 aliphatic heterocycles. The molecule has 0 unspecified atom stereocenters. The molecule has 4 rings (SSSR count). The maximum Gasteiger partial charge on any atom is 0.354 e. The number of carboxylic acids is 1. The number of carboxylic acid groups (broad SMARTS) is 1. The van der Waals surface area contributed by atoms with Crippen molar-refractivity contribution in [2.24, 2.45) is 0 Å². The van der Waals surface area contributed by atoms with E-state index in [1.54, 1.807) is 12.1 Å². The predicted octanol–water partition coefficient (Wildman–Crippen LogP) is 2.81. The second-order valence-corrected chi connectivity index (χ2v) is 6.89. The Kier molecular flexibility index (Phi) is 4.40. The lowest BCUT2D eigenvalue weighted by Crippen LogP contribution is -2.46. The van der Waals surface area contributed by atoms with Crippen molar-refractivity contribution in [3.63, 3.8) is 0 Å². The molecule has 0 aliphatic carbocycles. The van der Waals surface area contributed by atoms with Gasteiger partial charge >= 0.3 is 5.97 Å². The van der Waals surface area contributed by atoms with Gasteiger partial charge < -0.3 is 10.0 Å². The monoisotopic (exact) mass is 337 g/mol. The number of hydrogen-bond donors (Lipinski definition) is 1. The number of aromatic carboxylic acids is 1. The summed E-state index contributed by atoms with van der Waals surface area (Å²) in [5.74, 6) is -0.189. The summed E-state index contributed by atoms with van der Waals surface area (Å²) in [7, 11) is 0. The number of anilines is 1. The van der Waals surface area contributed by atoms with Gasteiger partial charge in [-0.15, -0.1) is 0 Å². The molecule has 0 bridgehead atoms. The van der Waals surface area contributed by atoms with Crippen molar-refractivity contribution in [2.45, 2.75) is 31.8 Å². The Bertz CT molecular complexity index is 769. The third kappa shape index (κ3) is 3.37. The summed E-state index contributed by atoms with van der Waals surface area (Å²) >= 11 is 0. The Morgan fingerprint density at radius 2 is 1.76 bits per heavy atom. The smallest absolute Gasteiger partial charge is 0.354 e. The lowest BCUT2D eigenvalue weighted by molar-refractivity contribution is 0.0690. The number of carbonyl (C=O) groups is 1. The average molecular weight is 337 g/mol. The quantitative estimate of drug-likeness (QED) is 0.933. The van der Waals surface area contributed by atoms with E-state index >= 15 is 0 Å². The Morgan fingerprint density at radius 1 is 1.00 bits per heavy atom. The van der Waals surface area contributed by atoms with E-state index in [0.29, 0.717) is 6.04 Å². The van der Waals surface area contributed by atoms with E-state index in [9.17, 15) is 4.79 Å². The first-order valence-corrected chi connectivity index (χ1v) is 8.97. The van der Waals surface area contributed by atoms with E-state index in [-0.39, 0.29) is 5.69 Å². The van der Waals surface area contributed by atoms with Gasteiger partial charge in [-0.1, -0.05) is 30.3 Å². The fraction of sp³-hybridized carbons (Fsp3) is 0.400. The molecule has 1 saturated heterocycles. The minimum atomic E-state index is -0.969. The van der Waals surface area contributed by atoms with Crippen LogP contribution in [-0.4, -0.2) is 46.6 Å². The number of rotatable bonds is 3. The van der Waals surface area contributed by atoms with E-state index in [2.05, 4.69) is 39.0 Å². The van der Waals surface area contributed by atoms with Crippen LogP contribution in [0.2, 0.25) is 0 Å². The molecule has 0 amide bonds. The van der Waals surface area contributed by atoms with Crippen molar-refractivity contribution < 1.29 is 9.90 Å². The maximum atomic E-state index is 11.1. The van der Waals surface area contributed by atoms with E-state index < -0.39 is 5.97 Å². The lowest BCUT2D eigenvalue weighted by Gasteiger charge is -2.41. The third-order valence-corrected chi connectivity index (χ3v) is 5.42. The van der Waals surface area contributed by atoms with Gasteiger partial charge in [-0.25, -0.2) is 9.78 Å². The summed E-state index contributed by atoms with van der Waals surface area (Å²) < 4.78 is 0. The minimum absolute atomic E-state index is 0.118. The van der Waals surface area contributed by atoms with Gasteiger partial charge in [0.05, 0.1) is 0 Å². The molecule has 2 aliphatic rings. The first-order chi connectivity index (χ1) is 12.2. The first-order valence-electron chi connectivity index (χ1n) is 8.97. The molecule has 1 fully saturated rings. The normalized spacial score (nSPS) is 18.8. The van der Waals surface area contributed by atoms with Crippen LogP contribution < -0.4 is 4.90 Å². The van der Waals surface area contributed by atoms with Gasteiger partial charge in [0.25, 0.3) is 0 Å². The Balaban J connectivity index is 1.39. The zero-order valence-electron chi connectivity index (χ0n) is 14.3. The van der Waals surface area contributed by atoms with Gasteiger partial charge in [0, 0.05) is 32.2 Å².